The lowest BCUT2D eigenvalue weighted by Gasteiger charge is -2.44. The Balaban J connectivity index is 1.50. The molecule has 1 spiro atoms. The van der Waals surface area contributed by atoms with Gasteiger partial charge in [-0.2, -0.15) is 0 Å². The molecule has 150 valence electrons. The van der Waals surface area contributed by atoms with Crippen molar-refractivity contribution >= 4 is 17.6 Å². The minimum absolute atomic E-state index is 0.0455. The zero-order valence-electron chi connectivity index (χ0n) is 16.6. The second-order valence-corrected chi connectivity index (χ2v) is 9.06. The molecule has 1 aromatic heterocycles. The summed E-state index contributed by atoms with van der Waals surface area (Å²) in [4.78, 5) is 27.1. The zero-order valence-corrected chi connectivity index (χ0v) is 16.6. The van der Waals surface area contributed by atoms with E-state index >= 15 is 0 Å². The van der Waals surface area contributed by atoms with E-state index in [1.807, 2.05) is 23.2 Å². The van der Waals surface area contributed by atoms with Crippen LogP contribution in [0.1, 0.15) is 57.8 Å². The molecule has 1 atom stereocenters. The molecule has 1 N–H and O–H groups in total. The van der Waals surface area contributed by atoms with Crippen molar-refractivity contribution in [3.05, 3.63) is 24.5 Å². The van der Waals surface area contributed by atoms with E-state index in [1.54, 1.807) is 6.20 Å². The van der Waals surface area contributed by atoms with E-state index in [2.05, 4.69) is 15.2 Å². The standard InChI is InChI=1S/C22H31N5O/c28-21-25-20(24-18-6-2-1-3-7-18)22(27(21)19-8-4-12-23-14-19)11-5-13-26(16-22)15-17-9-10-17/h4,8,12,14,17-18H,1-3,5-7,9-11,13,15-16H2,(H,24,25,28). The normalized spacial score (nSPS) is 30.9. The van der Waals surface area contributed by atoms with Gasteiger partial charge in [-0.25, -0.2) is 4.79 Å². The van der Waals surface area contributed by atoms with Gasteiger partial charge in [-0.15, -0.1) is 0 Å². The van der Waals surface area contributed by atoms with E-state index in [0.717, 1.165) is 62.8 Å². The number of carbonyl (C=O) groups excluding carboxylic acids is 1. The predicted molar refractivity (Wildman–Crippen MR) is 111 cm³/mol. The Morgan fingerprint density at radius 1 is 1.18 bits per heavy atom. The summed E-state index contributed by atoms with van der Waals surface area (Å²) in [5.74, 6) is 1.76. The fourth-order valence-corrected chi connectivity index (χ4v) is 5.29. The van der Waals surface area contributed by atoms with Gasteiger partial charge in [-0.3, -0.25) is 20.2 Å². The minimum Gasteiger partial charge on any atom is -0.300 e. The molecule has 28 heavy (non-hydrogen) atoms. The van der Waals surface area contributed by atoms with E-state index in [-0.39, 0.29) is 11.6 Å². The number of amides is 2. The monoisotopic (exact) mass is 381 g/mol. The number of carbonyl (C=O) groups is 1. The zero-order chi connectivity index (χ0) is 19.0. The number of urea groups is 1. The van der Waals surface area contributed by atoms with Crippen LogP contribution in [-0.2, 0) is 0 Å². The molecule has 2 aliphatic heterocycles. The fourth-order valence-electron chi connectivity index (χ4n) is 5.29. The molecule has 2 aliphatic carbocycles. The van der Waals surface area contributed by atoms with Crippen molar-refractivity contribution in [2.45, 2.75) is 69.4 Å². The Labute approximate surface area is 167 Å². The topological polar surface area (TPSA) is 60.8 Å². The first kappa shape index (κ1) is 18.1. The molecular formula is C22H31N5O. The average molecular weight is 382 g/mol. The molecule has 1 aromatic rings. The van der Waals surface area contributed by atoms with Crippen molar-refractivity contribution < 1.29 is 4.79 Å². The fraction of sp³-hybridized carbons (Fsp3) is 0.682. The highest BCUT2D eigenvalue weighted by Crippen LogP contribution is 2.39. The molecule has 1 unspecified atom stereocenters. The molecule has 4 fully saturated rings. The number of pyridine rings is 1. The summed E-state index contributed by atoms with van der Waals surface area (Å²) >= 11 is 0. The molecule has 5 rings (SSSR count). The van der Waals surface area contributed by atoms with Gasteiger partial charge in [0.2, 0.25) is 0 Å². The van der Waals surface area contributed by atoms with Gasteiger partial charge in [0.05, 0.1) is 17.9 Å². The first-order chi connectivity index (χ1) is 13.7. The number of rotatable bonds is 4. The second-order valence-electron chi connectivity index (χ2n) is 9.06. The molecule has 2 saturated carbocycles. The third-order valence-corrected chi connectivity index (χ3v) is 6.85. The molecule has 2 saturated heterocycles. The number of amidine groups is 1. The van der Waals surface area contributed by atoms with Gasteiger partial charge in [0, 0.05) is 19.3 Å². The van der Waals surface area contributed by atoms with E-state index in [1.165, 1.54) is 32.1 Å². The second kappa shape index (κ2) is 7.47. The first-order valence-electron chi connectivity index (χ1n) is 11.1. The maximum absolute atomic E-state index is 13.1. The maximum Gasteiger partial charge on any atom is 0.328 e. The lowest BCUT2D eigenvalue weighted by Crippen LogP contribution is -2.60. The highest BCUT2D eigenvalue weighted by molar-refractivity contribution is 6.19. The van der Waals surface area contributed by atoms with E-state index in [9.17, 15) is 4.79 Å². The van der Waals surface area contributed by atoms with Crippen LogP contribution in [0.25, 0.3) is 0 Å². The number of piperidine rings is 1. The van der Waals surface area contributed by atoms with Crippen LogP contribution in [0.2, 0.25) is 0 Å². The number of hydrogen-bond acceptors (Lipinski definition) is 4. The SMILES string of the molecule is O=C1NC(=NC2CCCCC2)C2(CCCN(CC3CC3)C2)N1c1cccnc1. The number of nitrogens with one attached hydrogen (secondary N) is 1. The molecular weight excluding hydrogens is 350 g/mol. The molecule has 0 aromatic carbocycles. The van der Waals surface area contributed by atoms with Gasteiger partial charge in [0.1, 0.15) is 11.4 Å². The Morgan fingerprint density at radius 3 is 2.79 bits per heavy atom. The quantitative estimate of drug-likeness (QED) is 0.867. The Hall–Kier alpha value is -1.95. The summed E-state index contributed by atoms with van der Waals surface area (Å²) in [5, 5.41) is 3.18. The van der Waals surface area contributed by atoms with Gasteiger partial charge >= 0.3 is 6.03 Å². The Kier molecular flexibility index (Phi) is 4.83. The maximum atomic E-state index is 13.1. The largest absolute Gasteiger partial charge is 0.328 e. The van der Waals surface area contributed by atoms with Gasteiger partial charge in [-0.1, -0.05) is 19.3 Å². The summed E-state index contributed by atoms with van der Waals surface area (Å²) in [7, 11) is 0. The number of nitrogens with zero attached hydrogens (tertiary/aromatic N) is 4. The molecule has 3 heterocycles. The van der Waals surface area contributed by atoms with E-state index in [4.69, 9.17) is 4.99 Å². The van der Waals surface area contributed by atoms with Gasteiger partial charge < -0.3 is 4.90 Å². The van der Waals surface area contributed by atoms with E-state index < -0.39 is 0 Å². The molecule has 0 bridgehead atoms. The third kappa shape index (κ3) is 3.43. The Bertz CT molecular complexity index is 741. The summed E-state index contributed by atoms with van der Waals surface area (Å²) in [6.07, 6.45) is 14.5. The van der Waals surface area contributed by atoms with Crippen LogP contribution in [0.5, 0.6) is 0 Å². The average Bonchev–Trinajstić information content (AvgIpc) is 3.49. The summed E-state index contributed by atoms with van der Waals surface area (Å²) in [5.41, 5.74) is 0.507. The van der Waals surface area contributed by atoms with Crippen molar-refractivity contribution in [1.29, 1.82) is 0 Å². The first-order valence-corrected chi connectivity index (χ1v) is 11.1. The van der Waals surface area contributed by atoms with Gasteiger partial charge in [0.25, 0.3) is 0 Å². The molecule has 6 heteroatoms. The summed E-state index contributed by atoms with van der Waals surface area (Å²) in [6, 6.07) is 4.22. The highest BCUT2D eigenvalue weighted by Gasteiger charge is 2.54. The van der Waals surface area contributed by atoms with Crippen molar-refractivity contribution in [3.63, 3.8) is 0 Å². The molecule has 2 amide bonds. The Morgan fingerprint density at radius 2 is 2.04 bits per heavy atom. The van der Waals surface area contributed by atoms with Crippen LogP contribution in [0.4, 0.5) is 10.5 Å². The number of likely N-dealkylation sites (tertiary alicyclic amines) is 1. The van der Waals surface area contributed by atoms with Crippen LogP contribution < -0.4 is 10.2 Å². The van der Waals surface area contributed by atoms with Crippen LogP contribution in [0.3, 0.4) is 0 Å². The number of aliphatic imine (C=N–C) groups is 1. The minimum atomic E-state index is -0.370. The van der Waals surface area contributed by atoms with Crippen molar-refractivity contribution in [2.24, 2.45) is 10.9 Å². The predicted octanol–water partition coefficient (Wildman–Crippen LogP) is 3.59. The molecule has 6 nitrogen and oxygen atoms in total. The summed E-state index contributed by atoms with van der Waals surface area (Å²) in [6.45, 7) is 3.17. The lowest BCUT2D eigenvalue weighted by molar-refractivity contribution is 0.176. The van der Waals surface area contributed by atoms with Crippen LogP contribution in [0, 0.1) is 5.92 Å². The molecule has 4 aliphatic rings. The van der Waals surface area contributed by atoms with Gasteiger partial charge in [-0.05, 0) is 63.1 Å². The van der Waals surface area contributed by atoms with Crippen molar-refractivity contribution in [3.8, 4) is 0 Å². The smallest absolute Gasteiger partial charge is 0.300 e. The van der Waals surface area contributed by atoms with Crippen LogP contribution >= 0.6 is 0 Å². The van der Waals surface area contributed by atoms with E-state index in [0.29, 0.717) is 6.04 Å². The molecule has 0 radical (unpaired) electrons. The number of aromatic nitrogens is 1. The van der Waals surface area contributed by atoms with Crippen LogP contribution in [-0.4, -0.2) is 53.0 Å². The van der Waals surface area contributed by atoms with Crippen molar-refractivity contribution in [2.75, 3.05) is 24.5 Å². The number of anilines is 1. The third-order valence-electron chi connectivity index (χ3n) is 6.85. The highest BCUT2D eigenvalue weighted by atomic mass is 16.2. The van der Waals surface area contributed by atoms with Gasteiger partial charge in [0.15, 0.2) is 0 Å². The van der Waals surface area contributed by atoms with Crippen molar-refractivity contribution in [1.82, 2.24) is 15.2 Å². The number of hydrogen-bond donors (Lipinski definition) is 1. The summed E-state index contributed by atoms with van der Waals surface area (Å²) < 4.78 is 0. The lowest BCUT2D eigenvalue weighted by atomic mass is 9.86. The van der Waals surface area contributed by atoms with Crippen LogP contribution in [0.15, 0.2) is 29.5 Å².